The number of ether oxygens (including phenoxy) is 1. The number of hydrogen-bond acceptors (Lipinski definition) is 2. The number of fused-ring (bicyclic) bond motifs is 1. The average molecular weight is 242 g/mol. The molecular formula is C13H20ClNO. The van der Waals surface area contributed by atoms with Crippen LogP contribution in [0.2, 0.25) is 0 Å². The molecule has 0 bridgehead atoms. The van der Waals surface area contributed by atoms with Gasteiger partial charge < -0.3 is 10.1 Å². The Morgan fingerprint density at radius 1 is 1.38 bits per heavy atom. The molecule has 1 heterocycles. The SMILES string of the molecule is COc1cccc2c1[C@H](C(C)C)NCC2.Cl. The molecule has 1 N–H and O–H groups in total. The summed E-state index contributed by atoms with van der Waals surface area (Å²) in [6.45, 7) is 5.57. The highest BCUT2D eigenvalue weighted by Crippen LogP contribution is 2.35. The Kier molecular flexibility index (Phi) is 4.63. The van der Waals surface area contributed by atoms with Gasteiger partial charge in [-0.3, -0.25) is 0 Å². The number of halogens is 1. The van der Waals surface area contributed by atoms with Gasteiger partial charge in [-0.15, -0.1) is 12.4 Å². The van der Waals surface area contributed by atoms with Gasteiger partial charge in [-0.05, 0) is 30.5 Å². The minimum absolute atomic E-state index is 0. The molecule has 3 heteroatoms. The van der Waals surface area contributed by atoms with Crippen LogP contribution in [0.4, 0.5) is 0 Å². The lowest BCUT2D eigenvalue weighted by Crippen LogP contribution is -2.33. The van der Waals surface area contributed by atoms with E-state index in [4.69, 9.17) is 4.74 Å². The lowest BCUT2D eigenvalue weighted by molar-refractivity contribution is 0.357. The number of benzene rings is 1. The molecule has 0 saturated carbocycles. The molecule has 0 unspecified atom stereocenters. The van der Waals surface area contributed by atoms with Crippen molar-refractivity contribution in [3.05, 3.63) is 29.3 Å². The van der Waals surface area contributed by atoms with Crippen LogP contribution in [0, 0.1) is 5.92 Å². The zero-order valence-electron chi connectivity index (χ0n) is 10.1. The molecule has 1 aliphatic heterocycles. The predicted molar refractivity (Wildman–Crippen MR) is 69.5 cm³/mol. The van der Waals surface area contributed by atoms with Crippen LogP contribution in [0.25, 0.3) is 0 Å². The van der Waals surface area contributed by atoms with Crippen molar-refractivity contribution in [2.24, 2.45) is 5.92 Å². The Morgan fingerprint density at radius 2 is 2.12 bits per heavy atom. The molecule has 1 atom stereocenters. The first-order chi connectivity index (χ1) is 7.24. The zero-order chi connectivity index (χ0) is 10.8. The Hall–Kier alpha value is -0.730. The number of hydrogen-bond donors (Lipinski definition) is 1. The van der Waals surface area contributed by atoms with Crippen molar-refractivity contribution in [2.45, 2.75) is 26.3 Å². The second kappa shape index (κ2) is 5.55. The maximum absolute atomic E-state index is 5.45. The molecular weight excluding hydrogens is 222 g/mol. The largest absolute Gasteiger partial charge is 0.496 e. The van der Waals surface area contributed by atoms with Crippen LogP contribution in [-0.4, -0.2) is 13.7 Å². The van der Waals surface area contributed by atoms with Gasteiger partial charge in [-0.2, -0.15) is 0 Å². The summed E-state index contributed by atoms with van der Waals surface area (Å²) in [5, 5.41) is 3.57. The minimum Gasteiger partial charge on any atom is -0.496 e. The summed E-state index contributed by atoms with van der Waals surface area (Å²) in [7, 11) is 1.75. The first kappa shape index (κ1) is 13.3. The second-order valence-electron chi connectivity index (χ2n) is 4.46. The quantitative estimate of drug-likeness (QED) is 0.860. The Bertz CT molecular complexity index is 338. The molecule has 0 radical (unpaired) electrons. The molecule has 1 aliphatic rings. The molecule has 0 saturated heterocycles. The minimum atomic E-state index is 0. The molecule has 0 fully saturated rings. The number of nitrogens with one attached hydrogen (secondary N) is 1. The van der Waals surface area contributed by atoms with E-state index in [1.165, 1.54) is 11.1 Å². The van der Waals surface area contributed by atoms with Crippen molar-refractivity contribution in [3.8, 4) is 5.75 Å². The van der Waals surface area contributed by atoms with E-state index >= 15 is 0 Å². The predicted octanol–water partition coefficient (Wildman–Crippen LogP) is 2.96. The van der Waals surface area contributed by atoms with E-state index in [0.717, 1.165) is 18.7 Å². The monoisotopic (exact) mass is 241 g/mol. The van der Waals surface area contributed by atoms with E-state index in [0.29, 0.717) is 12.0 Å². The fourth-order valence-electron chi connectivity index (χ4n) is 2.37. The fraction of sp³-hybridized carbons (Fsp3) is 0.538. The van der Waals surface area contributed by atoms with E-state index in [1.54, 1.807) is 7.11 Å². The second-order valence-corrected chi connectivity index (χ2v) is 4.46. The van der Waals surface area contributed by atoms with Crippen LogP contribution in [-0.2, 0) is 6.42 Å². The smallest absolute Gasteiger partial charge is 0.123 e. The summed E-state index contributed by atoms with van der Waals surface area (Å²) >= 11 is 0. The van der Waals surface area contributed by atoms with Gasteiger partial charge in [0.2, 0.25) is 0 Å². The highest BCUT2D eigenvalue weighted by atomic mass is 35.5. The van der Waals surface area contributed by atoms with Crippen molar-refractivity contribution >= 4 is 12.4 Å². The third-order valence-electron chi connectivity index (χ3n) is 3.11. The van der Waals surface area contributed by atoms with E-state index in [-0.39, 0.29) is 12.4 Å². The summed E-state index contributed by atoms with van der Waals surface area (Å²) in [4.78, 5) is 0. The van der Waals surface area contributed by atoms with Crippen molar-refractivity contribution < 1.29 is 4.74 Å². The molecule has 0 spiro atoms. The molecule has 2 nitrogen and oxygen atoms in total. The highest BCUT2D eigenvalue weighted by molar-refractivity contribution is 5.85. The van der Waals surface area contributed by atoms with Gasteiger partial charge >= 0.3 is 0 Å². The zero-order valence-corrected chi connectivity index (χ0v) is 10.9. The number of rotatable bonds is 2. The van der Waals surface area contributed by atoms with E-state index in [9.17, 15) is 0 Å². The van der Waals surface area contributed by atoms with Crippen molar-refractivity contribution in [1.29, 1.82) is 0 Å². The average Bonchev–Trinajstić information content (AvgIpc) is 2.27. The van der Waals surface area contributed by atoms with Crippen molar-refractivity contribution in [3.63, 3.8) is 0 Å². The van der Waals surface area contributed by atoms with Gasteiger partial charge in [-0.1, -0.05) is 26.0 Å². The molecule has 90 valence electrons. The molecule has 2 rings (SSSR count). The van der Waals surface area contributed by atoms with Crippen LogP contribution in [0.5, 0.6) is 5.75 Å². The Labute approximate surface area is 104 Å². The van der Waals surface area contributed by atoms with E-state index < -0.39 is 0 Å². The lowest BCUT2D eigenvalue weighted by atomic mass is 9.87. The van der Waals surface area contributed by atoms with E-state index in [2.05, 4.69) is 37.4 Å². The maximum atomic E-state index is 5.45. The lowest BCUT2D eigenvalue weighted by Gasteiger charge is -2.31. The maximum Gasteiger partial charge on any atom is 0.123 e. The molecule has 0 aromatic heterocycles. The summed E-state index contributed by atoms with van der Waals surface area (Å²) in [6, 6.07) is 6.79. The fourth-order valence-corrected chi connectivity index (χ4v) is 2.37. The van der Waals surface area contributed by atoms with Gasteiger partial charge in [0, 0.05) is 11.6 Å². The van der Waals surface area contributed by atoms with Gasteiger partial charge in [-0.25, -0.2) is 0 Å². The highest BCUT2D eigenvalue weighted by Gasteiger charge is 2.25. The molecule has 1 aromatic carbocycles. The van der Waals surface area contributed by atoms with Crippen molar-refractivity contribution in [2.75, 3.05) is 13.7 Å². The van der Waals surface area contributed by atoms with Crippen molar-refractivity contribution in [1.82, 2.24) is 5.32 Å². The molecule has 16 heavy (non-hydrogen) atoms. The van der Waals surface area contributed by atoms with Gasteiger partial charge in [0.05, 0.1) is 7.11 Å². The summed E-state index contributed by atoms with van der Waals surface area (Å²) in [6.07, 6.45) is 1.11. The normalized spacial score (nSPS) is 18.9. The third kappa shape index (κ3) is 2.33. The molecule has 0 aliphatic carbocycles. The standard InChI is InChI=1S/C13H19NO.ClH/c1-9(2)13-12-10(7-8-14-13)5-4-6-11(12)15-3;/h4-6,9,13-14H,7-8H2,1-3H3;1H/t13-;/m0./s1. The molecule has 1 aromatic rings. The van der Waals surface area contributed by atoms with Gasteiger partial charge in [0.15, 0.2) is 0 Å². The Morgan fingerprint density at radius 3 is 2.75 bits per heavy atom. The number of methoxy groups -OCH3 is 1. The van der Waals surface area contributed by atoms with Gasteiger partial charge in [0.1, 0.15) is 5.75 Å². The van der Waals surface area contributed by atoms with Crippen LogP contribution in [0.3, 0.4) is 0 Å². The third-order valence-corrected chi connectivity index (χ3v) is 3.11. The first-order valence-electron chi connectivity index (χ1n) is 5.63. The van der Waals surface area contributed by atoms with Crippen LogP contribution < -0.4 is 10.1 Å². The first-order valence-corrected chi connectivity index (χ1v) is 5.63. The molecule has 0 amide bonds. The van der Waals surface area contributed by atoms with Gasteiger partial charge in [0.25, 0.3) is 0 Å². The van der Waals surface area contributed by atoms with Crippen LogP contribution >= 0.6 is 12.4 Å². The summed E-state index contributed by atoms with van der Waals surface area (Å²) in [5.74, 6) is 1.62. The summed E-state index contributed by atoms with van der Waals surface area (Å²) < 4.78 is 5.45. The van der Waals surface area contributed by atoms with Crippen LogP contribution in [0.1, 0.15) is 31.0 Å². The summed E-state index contributed by atoms with van der Waals surface area (Å²) in [5.41, 5.74) is 2.80. The van der Waals surface area contributed by atoms with Crippen LogP contribution in [0.15, 0.2) is 18.2 Å². The van der Waals surface area contributed by atoms with E-state index in [1.807, 2.05) is 0 Å². The topological polar surface area (TPSA) is 21.3 Å². The Balaban J connectivity index is 0.00000128.